The van der Waals surface area contributed by atoms with Crippen LogP contribution in [-0.4, -0.2) is 10.1 Å². The molecule has 1 unspecified atom stereocenters. The summed E-state index contributed by atoms with van der Waals surface area (Å²) in [4.78, 5) is 5.13. The fraction of sp³-hybridized carbons (Fsp3) is 0.308. The predicted octanol–water partition coefficient (Wildman–Crippen LogP) is 2.90. The molecule has 2 nitrogen and oxygen atoms in total. The van der Waals surface area contributed by atoms with Crippen LogP contribution in [0.2, 0.25) is 0 Å². The van der Waals surface area contributed by atoms with Gasteiger partial charge in [0.25, 0.3) is 0 Å². The minimum atomic E-state index is -0.821. The van der Waals surface area contributed by atoms with E-state index in [2.05, 4.69) is 4.98 Å². The zero-order chi connectivity index (χ0) is 11.6. The first-order valence-electron chi connectivity index (χ1n) is 5.25. The summed E-state index contributed by atoms with van der Waals surface area (Å²) in [6.45, 7) is 3.88. The van der Waals surface area contributed by atoms with Crippen LogP contribution in [0.25, 0.3) is 0 Å². The Labute approximate surface area is 99.6 Å². The molecule has 1 aromatic carbocycles. The van der Waals surface area contributed by atoms with Gasteiger partial charge in [0, 0.05) is 17.5 Å². The Morgan fingerprint density at radius 2 is 2.25 bits per heavy atom. The van der Waals surface area contributed by atoms with Gasteiger partial charge in [0.05, 0.1) is 11.1 Å². The second kappa shape index (κ2) is 4.36. The van der Waals surface area contributed by atoms with E-state index in [1.165, 1.54) is 5.56 Å². The van der Waals surface area contributed by atoms with Gasteiger partial charge in [-0.25, -0.2) is 0 Å². The summed E-state index contributed by atoms with van der Waals surface area (Å²) in [5, 5.41) is 10.5. The molecule has 0 bridgehead atoms. The van der Waals surface area contributed by atoms with E-state index in [1.807, 2.05) is 44.3 Å². The third-order valence-corrected chi connectivity index (χ3v) is 3.42. The van der Waals surface area contributed by atoms with Gasteiger partial charge in [-0.15, -0.1) is 11.3 Å². The van der Waals surface area contributed by atoms with Gasteiger partial charge in [-0.05, 0) is 19.4 Å². The first-order valence-corrected chi connectivity index (χ1v) is 6.13. The van der Waals surface area contributed by atoms with Crippen molar-refractivity contribution in [1.29, 1.82) is 0 Å². The molecule has 1 N–H and O–H groups in total. The lowest BCUT2D eigenvalue weighted by Gasteiger charge is -2.23. The van der Waals surface area contributed by atoms with Crippen molar-refractivity contribution < 1.29 is 5.11 Å². The van der Waals surface area contributed by atoms with Crippen LogP contribution in [0.15, 0.2) is 36.0 Å². The van der Waals surface area contributed by atoms with Crippen molar-refractivity contribution in [3.05, 3.63) is 52.0 Å². The van der Waals surface area contributed by atoms with Crippen LogP contribution >= 0.6 is 11.3 Å². The Hall–Kier alpha value is -1.19. The molecule has 0 spiro atoms. The Balaban J connectivity index is 2.24. The Bertz CT molecular complexity index is 463. The van der Waals surface area contributed by atoms with Gasteiger partial charge in [-0.1, -0.05) is 29.8 Å². The molecule has 0 amide bonds. The highest BCUT2D eigenvalue weighted by atomic mass is 32.1. The molecule has 0 fully saturated rings. The summed E-state index contributed by atoms with van der Waals surface area (Å²) >= 11 is 1.58. The molecule has 1 aromatic heterocycles. The lowest BCUT2D eigenvalue weighted by molar-refractivity contribution is 0.0584. The van der Waals surface area contributed by atoms with E-state index >= 15 is 0 Å². The molecule has 0 aliphatic heterocycles. The van der Waals surface area contributed by atoms with Crippen molar-refractivity contribution >= 4 is 11.3 Å². The first-order chi connectivity index (χ1) is 7.58. The van der Waals surface area contributed by atoms with Crippen LogP contribution in [0.5, 0.6) is 0 Å². The van der Waals surface area contributed by atoms with E-state index in [0.717, 1.165) is 10.4 Å². The molecule has 0 saturated carbocycles. The summed E-state index contributed by atoms with van der Waals surface area (Å²) in [7, 11) is 0. The molecule has 84 valence electrons. The van der Waals surface area contributed by atoms with Gasteiger partial charge in [-0.3, -0.25) is 4.98 Å². The number of aromatic nitrogens is 1. The highest BCUT2D eigenvalue weighted by molar-refractivity contribution is 7.09. The normalized spacial score (nSPS) is 14.7. The standard InChI is InChI=1S/C13H15NOS/c1-10-4-3-5-11(6-10)13(2,15)7-12-8-14-9-16-12/h3-6,8-9,15H,7H2,1-2H3. The maximum Gasteiger partial charge on any atom is 0.0917 e. The fourth-order valence-corrected chi connectivity index (χ4v) is 2.49. The number of benzene rings is 1. The minimum Gasteiger partial charge on any atom is -0.385 e. The molecule has 2 aromatic rings. The molecule has 2 rings (SSSR count). The molecule has 0 aliphatic carbocycles. The van der Waals surface area contributed by atoms with Crippen LogP contribution in [0.4, 0.5) is 0 Å². The molecule has 1 atom stereocenters. The Morgan fingerprint density at radius 3 is 2.88 bits per heavy atom. The van der Waals surface area contributed by atoms with E-state index in [-0.39, 0.29) is 0 Å². The van der Waals surface area contributed by atoms with Crippen molar-refractivity contribution in [1.82, 2.24) is 4.98 Å². The number of hydrogen-bond acceptors (Lipinski definition) is 3. The predicted molar refractivity (Wildman–Crippen MR) is 66.6 cm³/mol. The topological polar surface area (TPSA) is 33.1 Å². The van der Waals surface area contributed by atoms with E-state index in [9.17, 15) is 5.11 Å². The van der Waals surface area contributed by atoms with Crippen LogP contribution in [0.3, 0.4) is 0 Å². The smallest absolute Gasteiger partial charge is 0.0917 e. The van der Waals surface area contributed by atoms with Gasteiger partial charge in [-0.2, -0.15) is 0 Å². The van der Waals surface area contributed by atoms with Gasteiger partial charge >= 0.3 is 0 Å². The highest BCUT2D eigenvalue weighted by Gasteiger charge is 2.24. The van der Waals surface area contributed by atoms with Crippen LogP contribution in [0.1, 0.15) is 22.9 Å². The van der Waals surface area contributed by atoms with Gasteiger partial charge in [0.15, 0.2) is 0 Å². The average molecular weight is 233 g/mol. The zero-order valence-electron chi connectivity index (χ0n) is 9.47. The Kier molecular flexibility index (Phi) is 3.08. The van der Waals surface area contributed by atoms with E-state index in [0.29, 0.717) is 6.42 Å². The summed E-state index contributed by atoms with van der Waals surface area (Å²) in [6.07, 6.45) is 2.43. The number of aryl methyl sites for hydroxylation is 1. The molecular formula is C13H15NOS. The largest absolute Gasteiger partial charge is 0.385 e. The fourth-order valence-electron chi connectivity index (χ4n) is 1.75. The second-order valence-corrected chi connectivity index (χ2v) is 5.26. The second-order valence-electron chi connectivity index (χ2n) is 4.29. The number of rotatable bonds is 3. The van der Waals surface area contributed by atoms with Gasteiger partial charge in [0.2, 0.25) is 0 Å². The molecular weight excluding hydrogens is 218 g/mol. The highest BCUT2D eigenvalue weighted by Crippen LogP contribution is 2.27. The first kappa shape index (κ1) is 11.3. The van der Waals surface area contributed by atoms with Gasteiger partial charge < -0.3 is 5.11 Å². The molecule has 0 radical (unpaired) electrons. The van der Waals surface area contributed by atoms with Crippen LogP contribution in [-0.2, 0) is 12.0 Å². The Morgan fingerprint density at radius 1 is 1.44 bits per heavy atom. The molecule has 1 heterocycles. The molecule has 3 heteroatoms. The number of aliphatic hydroxyl groups is 1. The summed E-state index contributed by atoms with van der Waals surface area (Å²) < 4.78 is 0. The molecule has 0 saturated heterocycles. The monoisotopic (exact) mass is 233 g/mol. The summed E-state index contributed by atoms with van der Waals surface area (Å²) in [5.41, 5.74) is 3.10. The number of hydrogen-bond donors (Lipinski definition) is 1. The third-order valence-electron chi connectivity index (χ3n) is 2.64. The average Bonchev–Trinajstić information content (AvgIpc) is 2.70. The van der Waals surface area contributed by atoms with E-state index in [4.69, 9.17) is 0 Å². The number of nitrogens with zero attached hydrogens (tertiary/aromatic N) is 1. The van der Waals surface area contributed by atoms with Crippen molar-refractivity contribution in [3.8, 4) is 0 Å². The SMILES string of the molecule is Cc1cccc(C(C)(O)Cc2cncs2)c1. The van der Waals surface area contributed by atoms with Crippen LogP contribution < -0.4 is 0 Å². The van der Waals surface area contributed by atoms with E-state index in [1.54, 1.807) is 16.8 Å². The van der Waals surface area contributed by atoms with Crippen LogP contribution in [0, 0.1) is 6.92 Å². The van der Waals surface area contributed by atoms with E-state index < -0.39 is 5.60 Å². The van der Waals surface area contributed by atoms with Crippen molar-refractivity contribution in [2.45, 2.75) is 25.9 Å². The molecule has 0 aliphatic rings. The van der Waals surface area contributed by atoms with Crippen molar-refractivity contribution in [2.24, 2.45) is 0 Å². The number of thiazole rings is 1. The minimum absolute atomic E-state index is 0.612. The molecule has 16 heavy (non-hydrogen) atoms. The van der Waals surface area contributed by atoms with Gasteiger partial charge in [0.1, 0.15) is 0 Å². The maximum atomic E-state index is 10.5. The summed E-state index contributed by atoms with van der Waals surface area (Å²) in [5.74, 6) is 0. The lowest BCUT2D eigenvalue weighted by Crippen LogP contribution is -2.23. The third kappa shape index (κ3) is 2.49. The van der Waals surface area contributed by atoms with Crippen molar-refractivity contribution in [2.75, 3.05) is 0 Å². The quantitative estimate of drug-likeness (QED) is 0.884. The maximum absolute atomic E-state index is 10.5. The summed E-state index contributed by atoms with van der Waals surface area (Å²) in [6, 6.07) is 8.01. The lowest BCUT2D eigenvalue weighted by atomic mass is 9.91. The van der Waals surface area contributed by atoms with Crippen molar-refractivity contribution in [3.63, 3.8) is 0 Å². The zero-order valence-corrected chi connectivity index (χ0v) is 10.3.